The highest BCUT2D eigenvalue weighted by molar-refractivity contribution is 5.77. The number of hydrogen-bond acceptors (Lipinski definition) is 26. The lowest BCUT2D eigenvalue weighted by molar-refractivity contribution is -0.366. The SMILES string of the molecule is C=C1C[C@@]23CCC4[C@](C)(C(=O)OC5OC(CO)C(O)CC5OC5OC(CO)C(O)C(O)C5O)CCC[C@@]4(C)[C@@H]2CC[C@]1(OC1OC(COC2OC(CO)C(O)C(O)C2O)C(O)CC1OC1OC(CO)C(O)C(O)C1O)C3. The molecule has 0 aromatic heterocycles. The minimum atomic E-state index is -1.80. The molecule has 0 amide bonds. The Morgan fingerprint density at radius 3 is 1.58 bits per heavy atom. The van der Waals surface area contributed by atoms with Crippen molar-refractivity contribution in [3.8, 4) is 0 Å². The minimum absolute atomic E-state index is 0.0409. The van der Waals surface area contributed by atoms with Gasteiger partial charge in [-0.1, -0.05) is 19.9 Å². The maximum atomic E-state index is 14.9. The highest BCUT2D eigenvalue weighted by Gasteiger charge is 2.69. The van der Waals surface area contributed by atoms with E-state index in [1.54, 1.807) is 0 Å². The second-order valence-electron chi connectivity index (χ2n) is 23.4. The van der Waals surface area contributed by atoms with E-state index >= 15 is 0 Å². The smallest absolute Gasteiger partial charge is 0.314 e. The zero-order valence-corrected chi connectivity index (χ0v) is 42.7. The van der Waals surface area contributed by atoms with Crippen LogP contribution in [-0.4, -0.2) is 263 Å². The second-order valence-corrected chi connectivity index (χ2v) is 23.4. The van der Waals surface area contributed by atoms with Gasteiger partial charge in [0.1, 0.15) is 97.7 Å². The quantitative estimate of drug-likeness (QED) is 0.0414. The number of rotatable bonds is 15. The molecule has 0 radical (unpaired) electrons. The lowest BCUT2D eigenvalue weighted by Gasteiger charge is -2.64. The molecule has 24 unspecified atom stereocenters. The lowest BCUT2D eigenvalue weighted by atomic mass is 9.41. The van der Waals surface area contributed by atoms with Crippen LogP contribution in [0.15, 0.2) is 12.2 Å². The van der Waals surface area contributed by atoms with E-state index in [1.165, 1.54) is 0 Å². The molecule has 9 aliphatic rings. The third-order valence-electron chi connectivity index (χ3n) is 19.0. The molecule has 9 rings (SSSR count). The van der Waals surface area contributed by atoms with E-state index in [1.807, 2.05) is 6.92 Å². The van der Waals surface area contributed by atoms with E-state index in [-0.39, 0.29) is 30.1 Å². The second kappa shape index (κ2) is 22.9. The van der Waals surface area contributed by atoms with Crippen molar-refractivity contribution in [2.45, 2.75) is 231 Å². The topological polar surface area (TPSA) is 413 Å². The van der Waals surface area contributed by atoms with Gasteiger partial charge < -0.3 is 124 Å². The largest absolute Gasteiger partial charge is 0.432 e. The summed E-state index contributed by atoms with van der Waals surface area (Å²) in [7, 11) is 0. The van der Waals surface area contributed by atoms with Crippen molar-refractivity contribution < 1.29 is 129 Å². The normalized spacial score (nSPS) is 53.6. The Morgan fingerprint density at radius 2 is 1.03 bits per heavy atom. The van der Waals surface area contributed by atoms with Gasteiger partial charge in [-0.3, -0.25) is 4.79 Å². The number of aliphatic hydroxyl groups excluding tert-OH is 15. The molecule has 9 fully saturated rings. The summed E-state index contributed by atoms with van der Waals surface area (Å²) < 4.78 is 60.4. The molecule has 29 atom stereocenters. The molecular formula is C50H80O26. The first-order chi connectivity index (χ1) is 36.0. The number of fused-ring (bicyclic) bond motifs is 3. The van der Waals surface area contributed by atoms with E-state index in [4.69, 9.17) is 47.4 Å². The fraction of sp³-hybridized carbons (Fsp3) is 0.940. The van der Waals surface area contributed by atoms with Gasteiger partial charge >= 0.3 is 5.97 Å². The van der Waals surface area contributed by atoms with Crippen molar-refractivity contribution >= 4 is 5.97 Å². The average molecular weight is 1100 g/mol. The number of hydrogen-bond donors (Lipinski definition) is 15. The monoisotopic (exact) mass is 1100 g/mol. The molecule has 436 valence electrons. The first-order valence-electron chi connectivity index (χ1n) is 26.7. The number of aliphatic hydroxyl groups is 15. The van der Waals surface area contributed by atoms with Crippen LogP contribution in [0.25, 0.3) is 0 Å². The summed E-state index contributed by atoms with van der Waals surface area (Å²) in [5.74, 6) is -0.772. The standard InChI is InChI=1S/C50H80O26/c1-20-13-49-9-5-30-47(2,7-4-8-48(30,3)46(66)75-41-23(11-21(55)25(14-51)70-41)68-44-39(64)36(61)33(58)27(16-53)72-44)31(49)6-10-50(20,19-49)76-42-24(69-45-40(65)37(62)34(59)28(17-54)73-45)12-22(56)29(74-42)18-67-43-38(63)35(60)32(57)26(15-52)71-43/h21-45,51-65H,1,4-19H2,2-3H3/t21?,22?,23?,24?,25?,26?,27?,28?,29?,30?,31-,32?,33?,34?,35?,36?,37?,38?,39?,40?,41?,42?,43?,44?,45?,47+,48+,49+,50-/m0/s1. The van der Waals surface area contributed by atoms with Crippen LogP contribution < -0.4 is 0 Å². The fourth-order valence-electron chi connectivity index (χ4n) is 14.8. The molecule has 1 spiro atoms. The van der Waals surface area contributed by atoms with Crippen molar-refractivity contribution in [1.82, 2.24) is 0 Å². The third-order valence-corrected chi connectivity index (χ3v) is 19.0. The Morgan fingerprint density at radius 1 is 0.553 bits per heavy atom. The number of ether oxygens (including phenoxy) is 10. The van der Waals surface area contributed by atoms with Gasteiger partial charge in [0.15, 0.2) is 25.2 Å². The molecule has 15 N–H and O–H groups in total. The molecule has 0 aromatic carbocycles. The van der Waals surface area contributed by atoms with Crippen molar-refractivity contribution in [1.29, 1.82) is 0 Å². The maximum Gasteiger partial charge on any atom is 0.314 e. The number of esters is 1. The maximum absolute atomic E-state index is 14.9. The van der Waals surface area contributed by atoms with Gasteiger partial charge in [-0.15, -0.1) is 0 Å². The van der Waals surface area contributed by atoms with Crippen LogP contribution in [0, 0.1) is 28.1 Å². The fourth-order valence-corrected chi connectivity index (χ4v) is 14.8. The zero-order valence-electron chi connectivity index (χ0n) is 42.7. The van der Waals surface area contributed by atoms with Crippen LogP contribution in [-0.2, 0) is 52.2 Å². The Hall–Kier alpha value is -1.75. The van der Waals surface area contributed by atoms with Crippen molar-refractivity contribution in [2.75, 3.05) is 33.0 Å². The molecule has 26 heteroatoms. The number of carbonyl (C=O) groups excluding carboxylic acids is 1. The van der Waals surface area contributed by atoms with Gasteiger partial charge in [0.25, 0.3) is 0 Å². The molecule has 4 saturated carbocycles. The molecule has 2 bridgehead atoms. The number of carbonyl (C=O) groups is 1. The van der Waals surface area contributed by atoms with Gasteiger partial charge in [-0.2, -0.15) is 0 Å². The van der Waals surface area contributed by atoms with Gasteiger partial charge in [-0.05, 0) is 86.5 Å². The summed E-state index contributed by atoms with van der Waals surface area (Å²) in [6.07, 6.45) is -30.0. The summed E-state index contributed by atoms with van der Waals surface area (Å²) >= 11 is 0. The Balaban J connectivity index is 0.924. The average Bonchev–Trinajstić information content (AvgIpc) is 3.60. The van der Waals surface area contributed by atoms with Gasteiger partial charge in [0.05, 0.1) is 56.3 Å². The van der Waals surface area contributed by atoms with Crippen molar-refractivity contribution in [3.05, 3.63) is 12.2 Å². The molecule has 4 aliphatic carbocycles. The molecule has 5 saturated heterocycles. The summed E-state index contributed by atoms with van der Waals surface area (Å²) in [5, 5.41) is 157. The first kappa shape index (κ1) is 58.9. The zero-order chi connectivity index (χ0) is 55.0. The van der Waals surface area contributed by atoms with Crippen LogP contribution in [0.3, 0.4) is 0 Å². The van der Waals surface area contributed by atoms with Crippen LogP contribution in [0.4, 0.5) is 0 Å². The summed E-state index contributed by atoms with van der Waals surface area (Å²) in [4.78, 5) is 14.9. The van der Waals surface area contributed by atoms with Gasteiger partial charge in [-0.25, -0.2) is 0 Å². The van der Waals surface area contributed by atoms with Crippen LogP contribution in [0.5, 0.6) is 0 Å². The van der Waals surface area contributed by atoms with Crippen LogP contribution in [0.1, 0.15) is 84.5 Å². The van der Waals surface area contributed by atoms with E-state index in [0.717, 1.165) is 12.0 Å². The third kappa shape index (κ3) is 10.5. The predicted molar refractivity (Wildman–Crippen MR) is 249 cm³/mol. The Labute approximate surface area is 438 Å². The molecule has 5 aliphatic heterocycles. The molecule has 5 heterocycles. The van der Waals surface area contributed by atoms with E-state index in [0.29, 0.717) is 51.4 Å². The lowest BCUT2D eigenvalue weighted by Crippen LogP contribution is -2.63. The van der Waals surface area contributed by atoms with Crippen molar-refractivity contribution in [3.63, 3.8) is 0 Å². The van der Waals surface area contributed by atoms with Gasteiger partial charge in [0.2, 0.25) is 6.29 Å². The molecular weight excluding hydrogens is 1020 g/mol. The van der Waals surface area contributed by atoms with E-state index in [9.17, 15) is 81.4 Å². The molecule has 76 heavy (non-hydrogen) atoms. The van der Waals surface area contributed by atoms with Crippen LogP contribution >= 0.6 is 0 Å². The Bertz CT molecular complexity index is 2000. The van der Waals surface area contributed by atoms with Gasteiger partial charge in [0, 0.05) is 12.8 Å². The predicted octanol–water partition coefficient (Wildman–Crippen LogP) is -5.23. The Kier molecular flexibility index (Phi) is 17.7. The summed E-state index contributed by atoms with van der Waals surface area (Å²) in [5.41, 5.74) is -2.15. The molecule has 0 aromatic rings. The summed E-state index contributed by atoms with van der Waals surface area (Å²) in [6.45, 7) is 5.41. The van der Waals surface area contributed by atoms with E-state index < -0.39 is 197 Å². The summed E-state index contributed by atoms with van der Waals surface area (Å²) in [6, 6.07) is 0. The highest BCUT2D eigenvalue weighted by Crippen LogP contribution is 2.74. The molecule has 26 nitrogen and oxygen atoms in total. The highest BCUT2D eigenvalue weighted by atomic mass is 16.8. The minimum Gasteiger partial charge on any atom is -0.432 e. The van der Waals surface area contributed by atoms with Crippen molar-refractivity contribution in [2.24, 2.45) is 28.1 Å². The first-order valence-corrected chi connectivity index (χ1v) is 26.7. The van der Waals surface area contributed by atoms with Crippen LogP contribution in [0.2, 0.25) is 0 Å². The van der Waals surface area contributed by atoms with E-state index in [2.05, 4.69) is 13.5 Å².